The smallest absolute Gasteiger partial charge is 0.407 e. The van der Waals surface area contributed by atoms with Crippen molar-refractivity contribution in [1.82, 2.24) is 10.6 Å². The molecule has 7 heteroatoms. The lowest BCUT2D eigenvalue weighted by Gasteiger charge is -2.16. The topological polar surface area (TPSA) is 105 Å². The van der Waals surface area contributed by atoms with Crippen molar-refractivity contribution in [3.63, 3.8) is 0 Å². The van der Waals surface area contributed by atoms with Crippen molar-refractivity contribution in [1.29, 1.82) is 0 Å². The summed E-state index contributed by atoms with van der Waals surface area (Å²) in [5, 5.41) is 14.0. The third kappa shape index (κ3) is 5.63. The van der Waals surface area contributed by atoms with Crippen molar-refractivity contribution in [2.24, 2.45) is 5.92 Å². The highest BCUT2D eigenvalue weighted by atomic mass is 16.5. The fourth-order valence-electron chi connectivity index (χ4n) is 3.85. The van der Waals surface area contributed by atoms with Crippen LogP contribution in [0.1, 0.15) is 43.7 Å². The Balaban J connectivity index is 1.43. The minimum absolute atomic E-state index is 0.00474. The maximum absolute atomic E-state index is 12.2. The number of alkyl carbamates (subject to hydrolysis) is 1. The van der Waals surface area contributed by atoms with Gasteiger partial charge in [0, 0.05) is 18.9 Å². The second kappa shape index (κ2) is 10.1. The molecule has 1 aliphatic rings. The van der Waals surface area contributed by atoms with Crippen LogP contribution in [0, 0.1) is 5.92 Å². The van der Waals surface area contributed by atoms with Crippen LogP contribution in [0.15, 0.2) is 48.5 Å². The molecule has 7 nitrogen and oxygen atoms in total. The summed E-state index contributed by atoms with van der Waals surface area (Å²) in [5.74, 6) is -1.38. The number of ether oxygens (including phenoxy) is 1. The van der Waals surface area contributed by atoms with E-state index in [-0.39, 0.29) is 30.8 Å². The largest absolute Gasteiger partial charge is 0.480 e. The number of hydrogen-bond donors (Lipinski definition) is 3. The summed E-state index contributed by atoms with van der Waals surface area (Å²) < 4.78 is 5.49. The maximum atomic E-state index is 12.2. The number of amides is 2. The van der Waals surface area contributed by atoms with Gasteiger partial charge in [-0.15, -0.1) is 0 Å². The van der Waals surface area contributed by atoms with E-state index in [0.29, 0.717) is 13.0 Å². The molecule has 0 fully saturated rings. The molecule has 0 aliphatic heterocycles. The van der Waals surface area contributed by atoms with E-state index in [0.717, 1.165) is 11.1 Å². The van der Waals surface area contributed by atoms with Gasteiger partial charge in [0.1, 0.15) is 12.6 Å². The van der Waals surface area contributed by atoms with Crippen LogP contribution in [-0.2, 0) is 14.3 Å². The molecule has 2 aromatic rings. The molecule has 0 spiro atoms. The van der Waals surface area contributed by atoms with Crippen LogP contribution in [0.4, 0.5) is 4.79 Å². The summed E-state index contributed by atoms with van der Waals surface area (Å²) >= 11 is 0. The van der Waals surface area contributed by atoms with E-state index in [1.54, 1.807) is 0 Å². The fraction of sp³-hybridized carbons (Fsp3) is 0.375. The highest BCUT2D eigenvalue weighted by Crippen LogP contribution is 2.44. The van der Waals surface area contributed by atoms with Gasteiger partial charge in [-0.2, -0.15) is 0 Å². The standard InChI is InChI=1S/C24H28N2O5/c1-15(13-22(27)26-16(2)23(28)29)11-12-25-24(30)31-14-21-19-9-5-3-7-17(19)18-8-4-6-10-20(18)21/h3-10,15-16,21H,11-14H2,1-2H3,(H,25,30)(H,26,27)(H,28,29)/t15?,16-/m0/s1. The first-order chi connectivity index (χ1) is 14.9. The Morgan fingerprint density at radius 1 is 1.00 bits per heavy atom. The van der Waals surface area contributed by atoms with Gasteiger partial charge in [0.05, 0.1) is 0 Å². The third-order valence-electron chi connectivity index (χ3n) is 5.53. The predicted octanol–water partition coefficient (Wildman–Crippen LogP) is 3.53. The Labute approximate surface area is 181 Å². The molecule has 0 saturated carbocycles. The molecule has 1 aliphatic carbocycles. The van der Waals surface area contributed by atoms with Crippen LogP contribution >= 0.6 is 0 Å². The van der Waals surface area contributed by atoms with Crippen LogP contribution in [0.2, 0.25) is 0 Å². The van der Waals surface area contributed by atoms with Gasteiger partial charge < -0.3 is 20.5 Å². The van der Waals surface area contributed by atoms with E-state index in [4.69, 9.17) is 9.84 Å². The lowest BCUT2D eigenvalue weighted by atomic mass is 9.98. The van der Waals surface area contributed by atoms with E-state index in [1.165, 1.54) is 18.1 Å². The number of fused-ring (bicyclic) bond motifs is 3. The SMILES string of the molecule is CC(CCNC(=O)OCC1c2ccccc2-c2ccccc21)CC(=O)N[C@@H](C)C(=O)O. The molecular weight excluding hydrogens is 396 g/mol. The Morgan fingerprint density at radius 3 is 2.16 bits per heavy atom. The lowest BCUT2D eigenvalue weighted by molar-refractivity contribution is -0.141. The van der Waals surface area contributed by atoms with E-state index in [1.807, 2.05) is 31.2 Å². The number of carboxylic acid groups (broad SMARTS) is 1. The zero-order valence-corrected chi connectivity index (χ0v) is 17.8. The number of carbonyl (C=O) groups is 3. The van der Waals surface area contributed by atoms with Crippen LogP contribution in [0.25, 0.3) is 11.1 Å². The number of carboxylic acids is 1. The minimum Gasteiger partial charge on any atom is -0.480 e. The Kier molecular flexibility index (Phi) is 7.28. The van der Waals surface area contributed by atoms with E-state index >= 15 is 0 Å². The highest BCUT2D eigenvalue weighted by molar-refractivity contribution is 5.83. The molecule has 3 rings (SSSR count). The summed E-state index contributed by atoms with van der Waals surface area (Å²) in [5.41, 5.74) is 4.67. The van der Waals surface area contributed by atoms with E-state index < -0.39 is 18.1 Å². The average Bonchev–Trinajstić information content (AvgIpc) is 3.06. The molecule has 0 bridgehead atoms. The first kappa shape index (κ1) is 22.3. The van der Waals surface area contributed by atoms with Gasteiger partial charge in [-0.3, -0.25) is 9.59 Å². The maximum Gasteiger partial charge on any atom is 0.407 e. The van der Waals surface area contributed by atoms with E-state index in [9.17, 15) is 14.4 Å². The Bertz CT molecular complexity index is 913. The van der Waals surface area contributed by atoms with Crippen LogP contribution < -0.4 is 10.6 Å². The third-order valence-corrected chi connectivity index (χ3v) is 5.53. The molecule has 0 aromatic heterocycles. The second-order valence-electron chi connectivity index (χ2n) is 7.98. The normalized spacial score (nSPS) is 14.1. The van der Waals surface area contributed by atoms with Gasteiger partial charge in [0.15, 0.2) is 0 Å². The van der Waals surface area contributed by atoms with Crippen molar-refractivity contribution < 1.29 is 24.2 Å². The highest BCUT2D eigenvalue weighted by Gasteiger charge is 2.29. The summed E-state index contributed by atoms with van der Waals surface area (Å²) in [6, 6.07) is 15.4. The first-order valence-electron chi connectivity index (χ1n) is 10.5. The average molecular weight is 424 g/mol. The van der Waals surface area contributed by atoms with E-state index in [2.05, 4.69) is 34.9 Å². The molecule has 2 aromatic carbocycles. The molecule has 164 valence electrons. The lowest BCUT2D eigenvalue weighted by Crippen LogP contribution is -2.39. The van der Waals surface area contributed by atoms with Crippen LogP contribution in [-0.4, -0.2) is 42.3 Å². The summed E-state index contributed by atoms with van der Waals surface area (Å²) in [6.07, 6.45) is 0.293. The van der Waals surface area contributed by atoms with Crippen molar-refractivity contribution in [3.8, 4) is 11.1 Å². The summed E-state index contributed by atoms with van der Waals surface area (Å²) in [4.78, 5) is 34.8. The van der Waals surface area contributed by atoms with Gasteiger partial charge in [-0.05, 0) is 41.5 Å². The van der Waals surface area contributed by atoms with Gasteiger partial charge in [0.25, 0.3) is 0 Å². The van der Waals surface area contributed by atoms with Crippen molar-refractivity contribution >= 4 is 18.0 Å². The van der Waals surface area contributed by atoms with Crippen molar-refractivity contribution in [3.05, 3.63) is 59.7 Å². The molecule has 0 radical (unpaired) electrons. The van der Waals surface area contributed by atoms with Gasteiger partial charge >= 0.3 is 12.1 Å². The number of aliphatic carboxylic acids is 1. The monoisotopic (exact) mass is 424 g/mol. The minimum atomic E-state index is -1.07. The molecular formula is C24H28N2O5. The fourth-order valence-corrected chi connectivity index (χ4v) is 3.85. The predicted molar refractivity (Wildman–Crippen MR) is 117 cm³/mol. The van der Waals surface area contributed by atoms with Gasteiger partial charge in [0.2, 0.25) is 5.91 Å². The number of nitrogens with one attached hydrogen (secondary N) is 2. The second-order valence-corrected chi connectivity index (χ2v) is 7.98. The van der Waals surface area contributed by atoms with Gasteiger partial charge in [-0.25, -0.2) is 4.79 Å². The molecule has 2 amide bonds. The van der Waals surface area contributed by atoms with Crippen LogP contribution in [0.3, 0.4) is 0 Å². The first-order valence-corrected chi connectivity index (χ1v) is 10.5. The molecule has 1 unspecified atom stereocenters. The zero-order valence-electron chi connectivity index (χ0n) is 17.8. The van der Waals surface area contributed by atoms with Gasteiger partial charge in [-0.1, -0.05) is 55.5 Å². The van der Waals surface area contributed by atoms with Crippen LogP contribution in [0.5, 0.6) is 0 Å². The molecule has 0 saturated heterocycles. The Hall–Kier alpha value is -3.35. The Morgan fingerprint density at radius 2 is 1.58 bits per heavy atom. The molecule has 0 heterocycles. The number of rotatable bonds is 9. The number of hydrogen-bond acceptors (Lipinski definition) is 4. The molecule has 31 heavy (non-hydrogen) atoms. The summed E-state index contributed by atoms with van der Waals surface area (Å²) in [7, 11) is 0. The number of carbonyl (C=O) groups excluding carboxylic acids is 2. The van der Waals surface area contributed by atoms with Crippen molar-refractivity contribution in [2.45, 2.75) is 38.6 Å². The zero-order chi connectivity index (χ0) is 22.4. The van der Waals surface area contributed by atoms with Crippen molar-refractivity contribution in [2.75, 3.05) is 13.2 Å². The summed E-state index contributed by atoms with van der Waals surface area (Å²) in [6.45, 7) is 3.93. The number of benzene rings is 2. The molecule has 2 atom stereocenters. The quantitative estimate of drug-likeness (QED) is 0.571. The molecule has 3 N–H and O–H groups in total.